The monoisotopic (exact) mass is 242 g/mol. The molecule has 0 aromatic carbocycles. The van der Waals surface area contributed by atoms with Gasteiger partial charge in [0, 0.05) is 11.8 Å². The van der Waals surface area contributed by atoms with Crippen LogP contribution < -0.4 is 11.3 Å². The van der Waals surface area contributed by atoms with Crippen LogP contribution in [0.25, 0.3) is 0 Å². The molecule has 0 atom stereocenters. The zero-order valence-corrected chi connectivity index (χ0v) is 9.75. The molecule has 0 aliphatic heterocycles. The summed E-state index contributed by atoms with van der Waals surface area (Å²) in [6.45, 7) is 2.02. The Labute approximate surface area is 97.0 Å². The van der Waals surface area contributed by atoms with Gasteiger partial charge in [0.2, 0.25) is 0 Å². The number of nitrogens with one attached hydrogen (secondary N) is 1. The van der Waals surface area contributed by atoms with Gasteiger partial charge >= 0.3 is 0 Å². The highest BCUT2D eigenvalue weighted by molar-refractivity contribution is 7.99. The molecule has 88 valence electrons. The Balaban J connectivity index is 2.76. The molecule has 0 aliphatic carbocycles. The van der Waals surface area contributed by atoms with Crippen molar-refractivity contribution in [1.82, 2.24) is 9.97 Å². The van der Waals surface area contributed by atoms with Crippen LogP contribution in [0, 0.1) is 0 Å². The number of H-pyrrole nitrogens is 1. The second-order valence-electron chi connectivity index (χ2n) is 3.17. The Hall–Kier alpha value is -1.50. The van der Waals surface area contributed by atoms with E-state index in [4.69, 9.17) is 10.9 Å². The van der Waals surface area contributed by atoms with Gasteiger partial charge < -0.3 is 15.9 Å². The summed E-state index contributed by atoms with van der Waals surface area (Å²) in [6.07, 6.45) is 1.70. The summed E-state index contributed by atoms with van der Waals surface area (Å²) in [5, 5.41) is 11.7. The summed E-state index contributed by atoms with van der Waals surface area (Å²) in [7, 11) is 0. The van der Waals surface area contributed by atoms with Gasteiger partial charge in [0.25, 0.3) is 5.56 Å². The lowest BCUT2D eigenvalue weighted by Gasteiger charge is -2.02. The molecule has 7 heteroatoms. The van der Waals surface area contributed by atoms with Gasteiger partial charge in [-0.2, -0.15) is 0 Å². The SMILES string of the molecule is CCCc1cc(=O)[nH]c(SC/C(N)=N/O)n1. The first kappa shape index (κ1) is 12.6. The maximum absolute atomic E-state index is 11.3. The number of hydrogen-bond donors (Lipinski definition) is 3. The number of aromatic nitrogens is 2. The van der Waals surface area contributed by atoms with Gasteiger partial charge in [-0.05, 0) is 6.42 Å². The molecule has 0 radical (unpaired) electrons. The summed E-state index contributed by atoms with van der Waals surface area (Å²) >= 11 is 1.22. The van der Waals surface area contributed by atoms with Crippen molar-refractivity contribution in [3.05, 3.63) is 22.1 Å². The standard InChI is InChI=1S/C9H14N4O2S/c1-2-3-6-4-8(14)12-9(11-6)16-5-7(10)13-15/h4,15H,2-3,5H2,1H3,(H2,10,13)(H,11,12,14). The van der Waals surface area contributed by atoms with E-state index in [0.717, 1.165) is 18.5 Å². The van der Waals surface area contributed by atoms with Crippen LogP contribution in [0.2, 0.25) is 0 Å². The third-order valence-electron chi connectivity index (χ3n) is 1.76. The zero-order valence-electron chi connectivity index (χ0n) is 8.93. The van der Waals surface area contributed by atoms with Crippen molar-refractivity contribution in [2.75, 3.05) is 5.75 Å². The van der Waals surface area contributed by atoms with Crippen LogP contribution in [-0.4, -0.2) is 26.8 Å². The van der Waals surface area contributed by atoms with E-state index in [9.17, 15) is 4.79 Å². The molecule has 0 fully saturated rings. The number of hydrogen-bond acceptors (Lipinski definition) is 5. The lowest BCUT2D eigenvalue weighted by atomic mass is 10.2. The molecule has 6 nitrogen and oxygen atoms in total. The summed E-state index contributed by atoms with van der Waals surface area (Å²) in [5.74, 6) is 0.378. The molecule has 1 heterocycles. The Kier molecular flexibility index (Phi) is 4.84. The van der Waals surface area contributed by atoms with E-state index >= 15 is 0 Å². The lowest BCUT2D eigenvalue weighted by Crippen LogP contribution is -2.16. The van der Waals surface area contributed by atoms with E-state index in [1.54, 1.807) is 0 Å². The minimum absolute atomic E-state index is 0.0912. The van der Waals surface area contributed by atoms with Crippen LogP contribution in [0.1, 0.15) is 19.0 Å². The van der Waals surface area contributed by atoms with Crippen LogP contribution in [0.5, 0.6) is 0 Å². The first-order valence-electron chi connectivity index (χ1n) is 4.85. The van der Waals surface area contributed by atoms with Gasteiger partial charge in [0.1, 0.15) is 5.84 Å². The largest absolute Gasteiger partial charge is 0.409 e. The Morgan fingerprint density at radius 3 is 3.12 bits per heavy atom. The summed E-state index contributed by atoms with van der Waals surface area (Å²) in [6, 6.07) is 1.48. The highest BCUT2D eigenvalue weighted by atomic mass is 32.2. The third-order valence-corrected chi connectivity index (χ3v) is 2.67. The number of amidine groups is 1. The second-order valence-corrected chi connectivity index (χ2v) is 4.14. The molecule has 0 unspecified atom stereocenters. The molecule has 4 N–H and O–H groups in total. The first-order chi connectivity index (χ1) is 7.65. The molecule has 0 saturated heterocycles. The van der Waals surface area contributed by atoms with Crippen molar-refractivity contribution in [3.63, 3.8) is 0 Å². The maximum Gasteiger partial charge on any atom is 0.251 e. The quantitative estimate of drug-likeness (QED) is 0.175. The molecule has 1 aromatic rings. The van der Waals surface area contributed by atoms with E-state index in [-0.39, 0.29) is 17.1 Å². The topological polar surface area (TPSA) is 104 Å². The van der Waals surface area contributed by atoms with Crippen LogP contribution in [0.4, 0.5) is 0 Å². The normalized spacial score (nSPS) is 11.7. The molecule has 0 bridgehead atoms. The number of oxime groups is 1. The predicted molar refractivity (Wildman–Crippen MR) is 63.0 cm³/mol. The number of nitrogens with zero attached hydrogens (tertiary/aromatic N) is 2. The minimum Gasteiger partial charge on any atom is -0.409 e. The van der Waals surface area contributed by atoms with Crippen molar-refractivity contribution in [2.45, 2.75) is 24.9 Å². The lowest BCUT2D eigenvalue weighted by molar-refractivity contribution is 0.318. The van der Waals surface area contributed by atoms with Gasteiger partial charge in [-0.3, -0.25) is 4.79 Å². The molecule has 0 saturated carbocycles. The van der Waals surface area contributed by atoms with Crippen molar-refractivity contribution in [2.24, 2.45) is 10.9 Å². The highest BCUT2D eigenvalue weighted by Crippen LogP contribution is 2.11. The fraction of sp³-hybridized carbons (Fsp3) is 0.444. The van der Waals surface area contributed by atoms with E-state index < -0.39 is 0 Å². The molecular weight excluding hydrogens is 228 g/mol. The fourth-order valence-corrected chi connectivity index (χ4v) is 1.80. The van der Waals surface area contributed by atoms with Crippen LogP contribution >= 0.6 is 11.8 Å². The molecule has 0 aliphatic rings. The van der Waals surface area contributed by atoms with E-state index in [1.807, 2.05) is 6.92 Å². The third kappa shape index (κ3) is 3.93. The Bertz CT molecular complexity index is 430. The van der Waals surface area contributed by atoms with E-state index in [1.165, 1.54) is 17.8 Å². The molecule has 16 heavy (non-hydrogen) atoms. The Morgan fingerprint density at radius 2 is 2.50 bits per heavy atom. The van der Waals surface area contributed by atoms with Crippen LogP contribution in [0.3, 0.4) is 0 Å². The Morgan fingerprint density at radius 1 is 1.75 bits per heavy atom. The van der Waals surface area contributed by atoms with Crippen molar-refractivity contribution >= 4 is 17.6 Å². The summed E-state index contributed by atoms with van der Waals surface area (Å²) < 4.78 is 0. The maximum atomic E-state index is 11.3. The summed E-state index contributed by atoms with van der Waals surface area (Å²) in [5.41, 5.74) is 5.89. The molecule has 0 spiro atoms. The van der Waals surface area contributed by atoms with Crippen LogP contribution in [-0.2, 0) is 6.42 Å². The summed E-state index contributed by atoms with van der Waals surface area (Å²) in [4.78, 5) is 18.1. The predicted octanol–water partition coefficient (Wildman–Crippen LogP) is 0.561. The number of nitrogens with two attached hydrogens (primary N) is 1. The van der Waals surface area contributed by atoms with Crippen molar-refractivity contribution in [1.29, 1.82) is 0 Å². The van der Waals surface area contributed by atoms with Gasteiger partial charge in [0.05, 0.1) is 5.75 Å². The van der Waals surface area contributed by atoms with Gasteiger partial charge in [-0.1, -0.05) is 30.3 Å². The molecule has 0 amide bonds. The van der Waals surface area contributed by atoms with Crippen molar-refractivity contribution in [3.8, 4) is 0 Å². The number of rotatable bonds is 5. The fourth-order valence-electron chi connectivity index (χ4n) is 1.11. The molecule has 1 aromatic heterocycles. The van der Waals surface area contributed by atoms with Crippen LogP contribution in [0.15, 0.2) is 21.2 Å². The zero-order chi connectivity index (χ0) is 12.0. The van der Waals surface area contributed by atoms with Gasteiger partial charge in [-0.25, -0.2) is 4.98 Å². The number of thioether (sulfide) groups is 1. The second kappa shape index (κ2) is 6.16. The van der Waals surface area contributed by atoms with E-state index in [2.05, 4.69) is 15.1 Å². The average molecular weight is 242 g/mol. The molecule has 1 rings (SSSR count). The van der Waals surface area contributed by atoms with E-state index in [0.29, 0.717) is 5.16 Å². The van der Waals surface area contributed by atoms with Gasteiger partial charge in [0.15, 0.2) is 5.16 Å². The molecular formula is C9H14N4O2S. The highest BCUT2D eigenvalue weighted by Gasteiger charge is 2.03. The first-order valence-corrected chi connectivity index (χ1v) is 5.83. The van der Waals surface area contributed by atoms with Crippen molar-refractivity contribution < 1.29 is 5.21 Å². The number of aromatic amines is 1. The average Bonchev–Trinajstić information content (AvgIpc) is 2.25. The minimum atomic E-state index is -0.180. The van der Waals surface area contributed by atoms with Gasteiger partial charge in [-0.15, -0.1) is 0 Å². The number of aryl methyl sites for hydroxylation is 1. The smallest absolute Gasteiger partial charge is 0.251 e.